The second kappa shape index (κ2) is 11.1. The number of carbonyl (C=O) groups is 1. The summed E-state index contributed by atoms with van der Waals surface area (Å²) in [4.78, 5) is 22.3. The molecule has 0 aliphatic rings. The molecule has 1 amide bonds. The molecule has 0 aliphatic carbocycles. The summed E-state index contributed by atoms with van der Waals surface area (Å²) in [7, 11) is 1.96. The lowest BCUT2D eigenvalue weighted by Gasteiger charge is -2.19. The normalized spacial score (nSPS) is 11.5. The molecule has 0 spiro atoms. The Labute approximate surface area is 229 Å². The number of imidazole rings is 1. The molecule has 0 aliphatic heterocycles. The van der Waals surface area contributed by atoms with E-state index in [0.29, 0.717) is 17.1 Å². The lowest BCUT2D eigenvalue weighted by Crippen LogP contribution is -2.14. The highest BCUT2D eigenvalue weighted by molar-refractivity contribution is 6.04. The molecule has 0 unspecified atom stereocenters. The molecule has 5 aromatic rings. The van der Waals surface area contributed by atoms with Crippen molar-refractivity contribution >= 4 is 28.7 Å². The Kier molecular flexibility index (Phi) is 7.43. The maximum Gasteiger partial charge on any atom is 0.255 e. The van der Waals surface area contributed by atoms with Gasteiger partial charge in [0, 0.05) is 41.1 Å². The highest BCUT2D eigenvalue weighted by atomic mass is 16.1. The molecule has 3 N–H and O–H groups in total. The molecule has 0 atom stereocenters. The van der Waals surface area contributed by atoms with Crippen LogP contribution in [0.5, 0.6) is 0 Å². The van der Waals surface area contributed by atoms with Crippen LogP contribution < -0.4 is 16.0 Å². The molecule has 198 valence electrons. The average Bonchev–Trinajstić information content (AvgIpc) is 3.42. The van der Waals surface area contributed by atoms with Gasteiger partial charge in [0.05, 0.1) is 5.69 Å². The van der Waals surface area contributed by atoms with E-state index in [1.165, 1.54) is 11.1 Å². The van der Waals surface area contributed by atoms with Crippen LogP contribution in [-0.4, -0.2) is 33.9 Å². The molecule has 7 heteroatoms. The fourth-order valence-corrected chi connectivity index (χ4v) is 4.40. The van der Waals surface area contributed by atoms with Crippen molar-refractivity contribution in [2.45, 2.75) is 32.6 Å². The fourth-order valence-electron chi connectivity index (χ4n) is 4.40. The first-order valence-electron chi connectivity index (χ1n) is 13.2. The van der Waals surface area contributed by atoms with Crippen LogP contribution in [0.15, 0.2) is 91.4 Å². The smallest absolute Gasteiger partial charge is 0.255 e. The minimum Gasteiger partial charge on any atom is -0.337 e. The lowest BCUT2D eigenvalue weighted by molar-refractivity contribution is 0.102. The summed E-state index contributed by atoms with van der Waals surface area (Å²) in [5.41, 5.74) is 7.15. The number of benzene rings is 3. The van der Waals surface area contributed by atoms with E-state index in [2.05, 4.69) is 66.0 Å². The number of aromatic nitrogens is 3. The van der Waals surface area contributed by atoms with Crippen molar-refractivity contribution < 1.29 is 4.79 Å². The summed E-state index contributed by atoms with van der Waals surface area (Å²) >= 11 is 0. The molecule has 0 bridgehead atoms. The number of nitrogens with one attached hydrogen (secondary N) is 3. The van der Waals surface area contributed by atoms with Crippen molar-refractivity contribution in [1.29, 1.82) is 0 Å². The number of hydrogen-bond acceptors (Lipinski definition) is 5. The summed E-state index contributed by atoms with van der Waals surface area (Å²) in [6, 6.07) is 23.9. The number of hydrogen-bond donors (Lipinski definition) is 3. The summed E-state index contributed by atoms with van der Waals surface area (Å²) < 4.78 is 1.95. The predicted octanol–water partition coefficient (Wildman–Crippen LogP) is 6.45. The maximum atomic E-state index is 12.9. The zero-order chi connectivity index (χ0) is 27.4. The van der Waals surface area contributed by atoms with Crippen LogP contribution >= 0.6 is 0 Å². The molecule has 0 fully saturated rings. The molecule has 3 aromatic carbocycles. The summed E-state index contributed by atoms with van der Waals surface area (Å²) in [6.45, 7) is 7.41. The van der Waals surface area contributed by atoms with Crippen LogP contribution in [0, 0.1) is 0 Å². The van der Waals surface area contributed by atoms with Gasteiger partial charge in [0.25, 0.3) is 5.91 Å². The van der Waals surface area contributed by atoms with E-state index in [1.54, 1.807) is 6.20 Å². The monoisotopic (exact) mass is 518 g/mol. The Bertz CT molecular complexity index is 1580. The van der Waals surface area contributed by atoms with Crippen LogP contribution in [0.3, 0.4) is 0 Å². The van der Waals surface area contributed by atoms with E-state index < -0.39 is 0 Å². The van der Waals surface area contributed by atoms with E-state index in [-0.39, 0.29) is 11.3 Å². The predicted molar refractivity (Wildman–Crippen MR) is 159 cm³/mol. The summed E-state index contributed by atoms with van der Waals surface area (Å²) in [6.07, 6.45) is 6.58. The molecule has 7 nitrogen and oxygen atoms in total. The van der Waals surface area contributed by atoms with Gasteiger partial charge in [-0.15, -0.1) is 0 Å². The quantitative estimate of drug-likeness (QED) is 0.220. The Morgan fingerprint density at radius 1 is 0.949 bits per heavy atom. The van der Waals surface area contributed by atoms with Crippen LogP contribution in [-0.2, 0) is 11.8 Å². The van der Waals surface area contributed by atoms with Crippen molar-refractivity contribution in [3.05, 3.63) is 108 Å². The first kappa shape index (κ1) is 26.1. The van der Waals surface area contributed by atoms with E-state index in [9.17, 15) is 4.79 Å². The van der Waals surface area contributed by atoms with Crippen LogP contribution in [0.2, 0.25) is 0 Å². The zero-order valence-corrected chi connectivity index (χ0v) is 22.8. The third-order valence-corrected chi connectivity index (χ3v) is 6.68. The van der Waals surface area contributed by atoms with Gasteiger partial charge in [-0.2, -0.15) is 0 Å². The zero-order valence-electron chi connectivity index (χ0n) is 22.8. The second-order valence-electron chi connectivity index (χ2n) is 10.7. The first-order valence-corrected chi connectivity index (χ1v) is 13.2. The van der Waals surface area contributed by atoms with E-state index >= 15 is 0 Å². The number of fused-ring (bicyclic) bond motifs is 1. The van der Waals surface area contributed by atoms with Crippen molar-refractivity contribution in [2.75, 3.05) is 24.2 Å². The molecular weight excluding hydrogens is 484 g/mol. The maximum absolute atomic E-state index is 12.9. The fraction of sp³-hybridized carbons (Fsp3) is 0.219. The Balaban J connectivity index is 1.37. The Morgan fingerprint density at radius 2 is 1.72 bits per heavy atom. The SMILES string of the molecule is CNCCc1ccc(Nc2nc(-c3cccc(NC(=O)c4ccc(C(C)(C)C)cc4)c3)cn3ccnc23)cc1. The molecule has 39 heavy (non-hydrogen) atoms. The van der Waals surface area contributed by atoms with Crippen LogP contribution in [0.1, 0.15) is 42.3 Å². The Morgan fingerprint density at radius 3 is 2.44 bits per heavy atom. The molecule has 2 aromatic heterocycles. The molecule has 0 saturated heterocycles. The number of nitrogens with zero attached hydrogens (tertiary/aromatic N) is 3. The van der Waals surface area contributed by atoms with Crippen molar-refractivity contribution in [3.63, 3.8) is 0 Å². The standard InChI is InChI=1S/C32H34N6O/c1-32(2,3)25-12-10-23(11-13-25)31(39)36-27-7-5-6-24(20-27)28-21-38-19-18-34-30(38)29(37-28)35-26-14-8-22(9-15-26)16-17-33-4/h5-15,18-21,33H,16-17H2,1-4H3,(H,35,37)(H,36,39). The van der Waals surface area contributed by atoms with Crippen molar-refractivity contribution in [2.24, 2.45) is 0 Å². The Hall–Kier alpha value is -4.49. The number of likely N-dealkylation sites (N-methyl/N-ethyl adjacent to an activating group) is 1. The molecular formula is C32H34N6O. The molecule has 0 radical (unpaired) electrons. The third-order valence-electron chi connectivity index (χ3n) is 6.68. The third kappa shape index (κ3) is 6.16. The minimum atomic E-state index is -0.147. The lowest BCUT2D eigenvalue weighted by atomic mass is 9.87. The number of rotatable bonds is 8. The minimum absolute atomic E-state index is 0.0379. The van der Waals surface area contributed by atoms with E-state index in [1.807, 2.05) is 72.4 Å². The summed E-state index contributed by atoms with van der Waals surface area (Å²) in [5.74, 6) is 0.514. The largest absolute Gasteiger partial charge is 0.337 e. The van der Waals surface area contributed by atoms with E-state index in [4.69, 9.17) is 4.98 Å². The molecule has 0 saturated carbocycles. The van der Waals surface area contributed by atoms with Gasteiger partial charge in [0.1, 0.15) is 0 Å². The van der Waals surface area contributed by atoms with Gasteiger partial charge in [-0.05, 0) is 73.0 Å². The van der Waals surface area contributed by atoms with E-state index in [0.717, 1.165) is 35.6 Å². The van der Waals surface area contributed by atoms with Crippen LogP contribution in [0.25, 0.3) is 16.9 Å². The van der Waals surface area contributed by atoms with Gasteiger partial charge in [0.2, 0.25) is 0 Å². The van der Waals surface area contributed by atoms with Gasteiger partial charge in [-0.3, -0.25) is 4.79 Å². The highest BCUT2D eigenvalue weighted by Gasteiger charge is 2.15. The van der Waals surface area contributed by atoms with Crippen molar-refractivity contribution in [1.82, 2.24) is 19.7 Å². The van der Waals surface area contributed by atoms with Gasteiger partial charge in [-0.25, -0.2) is 9.97 Å². The summed E-state index contributed by atoms with van der Waals surface area (Å²) in [5, 5.41) is 9.64. The number of anilines is 3. The van der Waals surface area contributed by atoms with Gasteiger partial charge in [-0.1, -0.05) is 57.2 Å². The van der Waals surface area contributed by atoms with Gasteiger partial charge in [0.15, 0.2) is 11.5 Å². The van der Waals surface area contributed by atoms with Crippen molar-refractivity contribution in [3.8, 4) is 11.3 Å². The number of amides is 1. The highest BCUT2D eigenvalue weighted by Crippen LogP contribution is 2.27. The average molecular weight is 519 g/mol. The van der Waals surface area contributed by atoms with Gasteiger partial charge >= 0.3 is 0 Å². The van der Waals surface area contributed by atoms with Gasteiger partial charge < -0.3 is 20.4 Å². The first-order chi connectivity index (χ1) is 18.8. The second-order valence-corrected chi connectivity index (χ2v) is 10.7. The molecule has 2 heterocycles. The number of carbonyl (C=O) groups excluding carboxylic acids is 1. The van der Waals surface area contributed by atoms with Crippen LogP contribution in [0.4, 0.5) is 17.2 Å². The molecule has 5 rings (SSSR count). The topological polar surface area (TPSA) is 83.4 Å².